The van der Waals surface area contributed by atoms with Crippen molar-refractivity contribution >= 4 is 17.9 Å². The second-order valence-electron chi connectivity index (χ2n) is 23.5. The number of hydrogen-bond acceptors (Lipinski definition) is 6. The SMILES string of the molecule is CCCCCCC/C=C\CCCCCCCC(=O)OC(COC(=O)CCCCCCCCCCCCCCC)COC(=O)CCCCCCCCCCCCCCCCCCCCCCCCCCCCCCCC. The summed E-state index contributed by atoms with van der Waals surface area (Å²) in [5, 5.41) is 0. The molecule has 0 spiro atoms. The van der Waals surface area contributed by atoms with Gasteiger partial charge in [0.05, 0.1) is 0 Å². The van der Waals surface area contributed by atoms with Gasteiger partial charge in [-0.2, -0.15) is 0 Å². The van der Waals surface area contributed by atoms with E-state index in [9.17, 15) is 14.4 Å². The number of rotatable bonds is 64. The zero-order valence-corrected chi connectivity index (χ0v) is 51.1. The molecule has 1 unspecified atom stereocenters. The van der Waals surface area contributed by atoms with Crippen LogP contribution in [0.1, 0.15) is 393 Å². The highest BCUT2D eigenvalue weighted by molar-refractivity contribution is 5.71. The van der Waals surface area contributed by atoms with Gasteiger partial charge in [0.15, 0.2) is 6.10 Å². The summed E-state index contributed by atoms with van der Waals surface area (Å²) in [4.78, 5) is 38.3. The largest absolute Gasteiger partial charge is 0.462 e. The Labute approximate surface area is 469 Å². The maximum atomic E-state index is 12.9. The van der Waals surface area contributed by atoms with E-state index >= 15 is 0 Å². The molecule has 0 saturated heterocycles. The summed E-state index contributed by atoms with van der Waals surface area (Å²) in [6.07, 6.45) is 76.8. The van der Waals surface area contributed by atoms with Crippen LogP contribution in [0.2, 0.25) is 0 Å². The van der Waals surface area contributed by atoms with Gasteiger partial charge in [0, 0.05) is 19.3 Å². The van der Waals surface area contributed by atoms with E-state index in [-0.39, 0.29) is 31.1 Å². The first-order valence-corrected chi connectivity index (χ1v) is 34.2. The van der Waals surface area contributed by atoms with Crippen molar-refractivity contribution in [1.29, 1.82) is 0 Å². The molecule has 444 valence electrons. The van der Waals surface area contributed by atoms with Crippen LogP contribution >= 0.6 is 0 Å². The summed E-state index contributed by atoms with van der Waals surface area (Å²) in [5.74, 6) is -0.846. The lowest BCUT2D eigenvalue weighted by Crippen LogP contribution is -2.30. The molecule has 1 atom stereocenters. The first-order valence-electron chi connectivity index (χ1n) is 34.2. The van der Waals surface area contributed by atoms with Crippen molar-refractivity contribution in [3.8, 4) is 0 Å². The van der Waals surface area contributed by atoms with E-state index in [1.54, 1.807) is 0 Å². The number of esters is 3. The van der Waals surface area contributed by atoms with Crippen molar-refractivity contribution < 1.29 is 28.6 Å². The van der Waals surface area contributed by atoms with Crippen molar-refractivity contribution in [3.63, 3.8) is 0 Å². The molecule has 75 heavy (non-hydrogen) atoms. The molecular formula is C69H132O6. The van der Waals surface area contributed by atoms with Gasteiger partial charge in [-0.1, -0.05) is 341 Å². The molecule has 0 aliphatic rings. The molecule has 0 aromatic heterocycles. The lowest BCUT2D eigenvalue weighted by Gasteiger charge is -2.18. The Morgan fingerprint density at radius 2 is 0.440 bits per heavy atom. The first-order chi connectivity index (χ1) is 37.0. The van der Waals surface area contributed by atoms with E-state index < -0.39 is 6.10 Å². The molecule has 0 amide bonds. The predicted molar refractivity (Wildman–Crippen MR) is 326 cm³/mol. The van der Waals surface area contributed by atoms with Crippen LogP contribution in [0, 0.1) is 0 Å². The second kappa shape index (κ2) is 64.7. The van der Waals surface area contributed by atoms with E-state index in [0.717, 1.165) is 64.2 Å². The zero-order chi connectivity index (χ0) is 54.3. The Morgan fingerprint density at radius 1 is 0.253 bits per heavy atom. The minimum atomic E-state index is -0.770. The topological polar surface area (TPSA) is 78.9 Å². The molecule has 0 radical (unpaired) electrons. The predicted octanol–water partition coefficient (Wildman–Crippen LogP) is 23.2. The van der Waals surface area contributed by atoms with Gasteiger partial charge >= 0.3 is 17.9 Å². The Morgan fingerprint density at radius 3 is 0.667 bits per heavy atom. The van der Waals surface area contributed by atoms with Crippen molar-refractivity contribution in [2.45, 2.75) is 399 Å². The average molecular weight is 1060 g/mol. The van der Waals surface area contributed by atoms with Crippen molar-refractivity contribution in [2.24, 2.45) is 0 Å². The minimum absolute atomic E-state index is 0.0670. The van der Waals surface area contributed by atoms with Crippen molar-refractivity contribution in [2.75, 3.05) is 13.2 Å². The number of hydrogen-bond donors (Lipinski definition) is 0. The smallest absolute Gasteiger partial charge is 0.306 e. The monoisotopic (exact) mass is 1060 g/mol. The first kappa shape index (κ1) is 73.2. The van der Waals surface area contributed by atoms with Gasteiger partial charge in [-0.3, -0.25) is 14.4 Å². The van der Waals surface area contributed by atoms with Crippen LogP contribution in [0.25, 0.3) is 0 Å². The van der Waals surface area contributed by atoms with Crippen LogP contribution in [0.15, 0.2) is 12.2 Å². The molecule has 0 bridgehead atoms. The fourth-order valence-corrected chi connectivity index (χ4v) is 10.6. The lowest BCUT2D eigenvalue weighted by molar-refractivity contribution is -0.167. The summed E-state index contributed by atoms with van der Waals surface area (Å²) in [7, 11) is 0. The third kappa shape index (κ3) is 62.9. The van der Waals surface area contributed by atoms with Gasteiger partial charge < -0.3 is 14.2 Å². The molecule has 0 saturated carbocycles. The molecule has 6 nitrogen and oxygen atoms in total. The zero-order valence-electron chi connectivity index (χ0n) is 51.1. The van der Waals surface area contributed by atoms with Crippen LogP contribution in [-0.2, 0) is 28.6 Å². The molecule has 0 aliphatic carbocycles. The molecule has 0 rings (SSSR count). The van der Waals surface area contributed by atoms with Gasteiger partial charge in [0.2, 0.25) is 0 Å². The van der Waals surface area contributed by atoms with Crippen LogP contribution in [0.4, 0.5) is 0 Å². The standard InChI is InChI=1S/C69H132O6/c1-4-7-10-13-16-19-22-25-27-28-29-30-31-32-33-34-35-36-37-38-39-40-41-42-45-47-50-53-56-59-62-68(71)74-65-66(64-73-67(70)61-58-55-52-49-46-43-24-21-18-15-12-9-6-3)75-69(72)63-60-57-54-51-48-44-26-23-20-17-14-11-8-5-2/h23,26,66H,4-22,24-25,27-65H2,1-3H3/b26-23-. The van der Waals surface area contributed by atoms with Gasteiger partial charge in [-0.15, -0.1) is 0 Å². The van der Waals surface area contributed by atoms with Gasteiger partial charge in [0.25, 0.3) is 0 Å². The number of carbonyl (C=O) groups excluding carboxylic acids is 3. The molecule has 6 heteroatoms. The van der Waals surface area contributed by atoms with E-state index in [4.69, 9.17) is 14.2 Å². The number of allylic oxidation sites excluding steroid dienone is 2. The minimum Gasteiger partial charge on any atom is -0.462 e. The third-order valence-electron chi connectivity index (χ3n) is 15.8. The van der Waals surface area contributed by atoms with Crippen molar-refractivity contribution in [3.05, 3.63) is 12.2 Å². The number of ether oxygens (including phenoxy) is 3. The van der Waals surface area contributed by atoms with Crippen LogP contribution < -0.4 is 0 Å². The molecule has 0 aromatic carbocycles. The second-order valence-corrected chi connectivity index (χ2v) is 23.5. The molecule has 0 heterocycles. The van der Waals surface area contributed by atoms with Crippen LogP contribution in [-0.4, -0.2) is 37.2 Å². The summed E-state index contributed by atoms with van der Waals surface area (Å²) in [6.45, 7) is 6.70. The molecule has 0 N–H and O–H groups in total. The highest BCUT2D eigenvalue weighted by atomic mass is 16.6. The van der Waals surface area contributed by atoms with E-state index in [1.807, 2.05) is 0 Å². The van der Waals surface area contributed by atoms with Crippen LogP contribution in [0.5, 0.6) is 0 Å². The lowest BCUT2D eigenvalue weighted by atomic mass is 10.0. The molecule has 0 aromatic rings. The van der Waals surface area contributed by atoms with E-state index in [2.05, 4.69) is 32.9 Å². The average Bonchev–Trinajstić information content (AvgIpc) is 3.41. The maximum absolute atomic E-state index is 12.9. The van der Waals surface area contributed by atoms with Crippen molar-refractivity contribution in [1.82, 2.24) is 0 Å². The highest BCUT2D eigenvalue weighted by Gasteiger charge is 2.19. The van der Waals surface area contributed by atoms with E-state index in [0.29, 0.717) is 19.3 Å². The molecule has 0 aliphatic heterocycles. The number of carbonyl (C=O) groups is 3. The van der Waals surface area contributed by atoms with Crippen LogP contribution in [0.3, 0.4) is 0 Å². The molecule has 0 fully saturated rings. The summed E-state index contributed by atoms with van der Waals surface area (Å²) >= 11 is 0. The third-order valence-corrected chi connectivity index (χ3v) is 15.8. The summed E-state index contributed by atoms with van der Waals surface area (Å²) < 4.78 is 16.9. The Kier molecular flexibility index (Phi) is 63.1. The quantitative estimate of drug-likeness (QED) is 0.0261. The molecular weight excluding hydrogens is 925 g/mol. The summed E-state index contributed by atoms with van der Waals surface area (Å²) in [5.41, 5.74) is 0. The van der Waals surface area contributed by atoms with Gasteiger partial charge in [0.1, 0.15) is 13.2 Å². The highest BCUT2D eigenvalue weighted by Crippen LogP contribution is 2.19. The fraction of sp³-hybridized carbons (Fsp3) is 0.928. The Balaban J connectivity index is 4.09. The Bertz CT molecular complexity index is 1170. The summed E-state index contributed by atoms with van der Waals surface area (Å²) in [6, 6.07) is 0. The maximum Gasteiger partial charge on any atom is 0.306 e. The van der Waals surface area contributed by atoms with Gasteiger partial charge in [-0.25, -0.2) is 0 Å². The van der Waals surface area contributed by atoms with E-state index in [1.165, 1.54) is 289 Å². The van der Waals surface area contributed by atoms with Gasteiger partial charge in [-0.05, 0) is 44.9 Å². The normalized spacial score (nSPS) is 12.0. The number of unbranched alkanes of at least 4 members (excludes halogenated alkanes) is 51. The Hall–Kier alpha value is -1.85. The fourth-order valence-electron chi connectivity index (χ4n) is 10.6.